The molecule has 0 unspecified atom stereocenters. The zero-order valence-corrected chi connectivity index (χ0v) is 15.7. The Morgan fingerprint density at radius 3 is 2.50 bits per heavy atom. The molecule has 0 aliphatic rings. The predicted molar refractivity (Wildman–Crippen MR) is 103 cm³/mol. The van der Waals surface area contributed by atoms with E-state index in [-0.39, 0.29) is 4.90 Å². The molecule has 0 spiro atoms. The second-order valence-electron chi connectivity index (χ2n) is 6.08. The van der Waals surface area contributed by atoms with Gasteiger partial charge >= 0.3 is 0 Å². The topological polar surface area (TPSA) is 51.5 Å². The molecule has 0 radical (unpaired) electrons. The van der Waals surface area contributed by atoms with E-state index in [2.05, 4.69) is 11.8 Å². The first kappa shape index (κ1) is 18.1. The fourth-order valence-corrected chi connectivity index (χ4v) is 3.99. The highest BCUT2D eigenvalue weighted by Crippen LogP contribution is 2.28. The van der Waals surface area contributed by atoms with Gasteiger partial charge in [-0.25, -0.2) is 12.4 Å². The highest BCUT2D eigenvalue weighted by molar-refractivity contribution is 7.90. The molecule has 3 aromatic rings. The monoisotopic (exact) mass is 368 g/mol. The van der Waals surface area contributed by atoms with Gasteiger partial charge < -0.3 is 4.74 Å². The minimum Gasteiger partial charge on any atom is -0.497 e. The number of ether oxygens (including phenoxy) is 1. The van der Waals surface area contributed by atoms with Crippen LogP contribution in [0.25, 0.3) is 10.9 Å². The maximum atomic E-state index is 13.1. The van der Waals surface area contributed by atoms with Crippen molar-refractivity contribution in [3.05, 3.63) is 60.3 Å². The van der Waals surface area contributed by atoms with Gasteiger partial charge in [0.15, 0.2) is 0 Å². The first-order valence-electron chi connectivity index (χ1n) is 8.07. The van der Waals surface area contributed by atoms with E-state index in [1.807, 2.05) is 25.1 Å². The maximum Gasteiger partial charge on any atom is 0.268 e. The van der Waals surface area contributed by atoms with Crippen LogP contribution in [0.2, 0.25) is 0 Å². The van der Waals surface area contributed by atoms with Gasteiger partial charge in [-0.15, -0.1) is 0 Å². The van der Waals surface area contributed by atoms with E-state index in [0.29, 0.717) is 23.4 Å². The summed E-state index contributed by atoms with van der Waals surface area (Å²) in [6.45, 7) is 0.585. The van der Waals surface area contributed by atoms with E-state index in [4.69, 9.17) is 4.74 Å². The number of nitrogens with zero attached hydrogens (tertiary/aromatic N) is 2. The van der Waals surface area contributed by atoms with Crippen LogP contribution in [0.5, 0.6) is 5.75 Å². The van der Waals surface area contributed by atoms with E-state index >= 15 is 0 Å². The third-order valence-corrected chi connectivity index (χ3v) is 5.58. The minimum atomic E-state index is -3.71. The van der Waals surface area contributed by atoms with Gasteiger partial charge in [-0.2, -0.15) is 0 Å². The summed E-state index contributed by atoms with van der Waals surface area (Å²) in [5, 5.41) is 0.745. The van der Waals surface area contributed by atoms with Crippen LogP contribution in [0.4, 0.5) is 0 Å². The summed E-state index contributed by atoms with van der Waals surface area (Å²) in [7, 11) is 1.73. The molecule has 0 fully saturated rings. The molecule has 0 amide bonds. The fraction of sp³-hybridized carbons (Fsp3) is 0.200. The van der Waals surface area contributed by atoms with Crippen molar-refractivity contribution < 1.29 is 13.2 Å². The van der Waals surface area contributed by atoms with Crippen molar-refractivity contribution in [3.8, 4) is 17.6 Å². The number of rotatable bonds is 4. The van der Waals surface area contributed by atoms with Gasteiger partial charge in [-0.3, -0.25) is 4.90 Å². The van der Waals surface area contributed by atoms with Gasteiger partial charge in [0.2, 0.25) is 0 Å². The Balaban J connectivity index is 2.21. The van der Waals surface area contributed by atoms with Crippen molar-refractivity contribution in [3.63, 3.8) is 0 Å². The molecule has 134 valence electrons. The lowest BCUT2D eigenvalue weighted by molar-refractivity contribution is 0.415. The second-order valence-corrected chi connectivity index (χ2v) is 7.89. The Hall–Kier alpha value is -2.75. The SMILES string of the molecule is COc1ccc2c(c1)c(C#CCN(C)C)cn2S(=O)(=O)c1ccccc1. The van der Waals surface area contributed by atoms with E-state index in [0.717, 1.165) is 5.39 Å². The van der Waals surface area contributed by atoms with Crippen LogP contribution in [0.15, 0.2) is 59.6 Å². The zero-order chi connectivity index (χ0) is 18.7. The van der Waals surface area contributed by atoms with E-state index < -0.39 is 10.0 Å². The third kappa shape index (κ3) is 3.45. The first-order valence-corrected chi connectivity index (χ1v) is 9.51. The largest absolute Gasteiger partial charge is 0.497 e. The van der Waals surface area contributed by atoms with Gasteiger partial charge in [-0.05, 0) is 44.4 Å². The van der Waals surface area contributed by atoms with Crippen LogP contribution in [0.3, 0.4) is 0 Å². The Morgan fingerprint density at radius 1 is 1.12 bits per heavy atom. The molecule has 2 aromatic carbocycles. The highest BCUT2D eigenvalue weighted by atomic mass is 32.2. The number of methoxy groups -OCH3 is 1. The second kappa shape index (κ2) is 7.24. The van der Waals surface area contributed by atoms with Gasteiger partial charge in [0.05, 0.1) is 29.6 Å². The Morgan fingerprint density at radius 2 is 1.85 bits per heavy atom. The third-order valence-electron chi connectivity index (χ3n) is 3.90. The molecule has 0 aliphatic carbocycles. The van der Waals surface area contributed by atoms with Gasteiger partial charge in [0.1, 0.15) is 5.75 Å². The fourth-order valence-electron chi connectivity index (χ4n) is 2.60. The van der Waals surface area contributed by atoms with Gasteiger partial charge in [0, 0.05) is 11.6 Å². The summed E-state index contributed by atoms with van der Waals surface area (Å²) in [4.78, 5) is 2.19. The average molecular weight is 368 g/mol. The molecular formula is C20H20N2O3S. The molecule has 1 aromatic heterocycles. The summed E-state index contributed by atoms with van der Waals surface area (Å²) < 4.78 is 32.7. The molecule has 6 heteroatoms. The van der Waals surface area contributed by atoms with Crippen LogP contribution >= 0.6 is 0 Å². The van der Waals surface area contributed by atoms with Crippen molar-refractivity contribution in [2.24, 2.45) is 0 Å². The number of fused-ring (bicyclic) bond motifs is 1. The van der Waals surface area contributed by atoms with Crippen LogP contribution in [0, 0.1) is 11.8 Å². The van der Waals surface area contributed by atoms with Gasteiger partial charge in [0.25, 0.3) is 10.0 Å². The summed E-state index contributed by atoms with van der Waals surface area (Å²) in [5.74, 6) is 6.80. The molecule has 3 rings (SSSR count). The first-order chi connectivity index (χ1) is 12.4. The normalized spacial score (nSPS) is 11.4. The van der Waals surface area contributed by atoms with Crippen LogP contribution in [-0.4, -0.2) is 45.0 Å². The Bertz CT molecular complexity index is 1090. The standard InChI is InChI=1S/C20H20N2O3S/c1-21(2)13-7-8-16-15-22(20-12-11-17(25-3)14-19(16)20)26(23,24)18-9-5-4-6-10-18/h4-6,9-12,14-15H,13H2,1-3H3. The lowest BCUT2D eigenvalue weighted by Crippen LogP contribution is -2.11. The summed E-state index contributed by atoms with van der Waals surface area (Å²) in [5.41, 5.74) is 1.23. The molecule has 26 heavy (non-hydrogen) atoms. The summed E-state index contributed by atoms with van der Waals surface area (Å²) in [6, 6.07) is 13.7. The quantitative estimate of drug-likeness (QED) is 0.665. The average Bonchev–Trinajstić information content (AvgIpc) is 3.01. The molecule has 1 heterocycles. The van der Waals surface area contributed by atoms with E-state index in [1.165, 1.54) is 3.97 Å². The number of aromatic nitrogens is 1. The van der Waals surface area contributed by atoms with Gasteiger partial charge in [-0.1, -0.05) is 30.0 Å². The van der Waals surface area contributed by atoms with Crippen molar-refractivity contribution in [2.75, 3.05) is 27.7 Å². The molecule has 0 atom stereocenters. The maximum absolute atomic E-state index is 13.1. The predicted octanol–water partition coefficient (Wildman–Crippen LogP) is 2.80. The molecule has 0 N–H and O–H groups in total. The Labute approximate surface area is 153 Å². The number of hydrogen-bond acceptors (Lipinski definition) is 4. The Kier molecular flexibility index (Phi) is 5.03. The smallest absolute Gasteiger partial charge is 0.268 e. The summed E-state index contributed by atoms with van der Waals surface area (Å²) in [6.07, 6.45) is 1.58. The van der Waals surface area contributed by atoms with Crippen molar-refractivity contribution >= 4 is 20.9 Å². The molecule has 0 saturated carbocycles. The molecular weight excluding hydrogens is 348 g/mol. The van der Waals surface area contributed by atoms with Crippen LogP contribution in [-0.2, 0) is 10.0 Å². The minimum absolute atomic E-state index is 0.237. The lowest BCUT2D eigenvalue weighted by atomic mass is 10.1. The van der Waals surface area contributed by atoms with Crippen molar-refractivity contribution in [1.82, 2.24) is 8.87 Å². The molecule has 5 nitrogen and oxygen atoms in total. The van der Waals surface area contributed by atoms with Crippen molar-refractivity contribution in [2.45, 2.75) is 4.90 Å². The molecule has 0 saturated heterocycles. The van der Waals surface area contributed by atoms with E-state index in [9.17, 15) is 8.42 Å². The van der Waals surface area contributed by atoms with E-state index in [1.54, 1.807) is 55.8 Å². The van der Waals surface area contributed by atoms with Crippen LogP contribution in [0.1, 0.15) is 5.56 Å². The molecule has 0 bridgehead atoms. The molecule has 0 aliphatic heterocycles. The van der Waals surface area contributed by atoms with Crippen LogP contribution < -0.4 is 4.74 Å². The number of hydrogen-bond donors (Lipinski definition) is 0. The summed E-state index contributed by atoms with van der Waals surface area (Å²) >= 11 is 0. The highest BCUT2D eigenvalue weighted by Gasteiger charge is 2.21. The zero-order valence-electron chi connectivity index (χ0n) is 14.9. The van der Waals surface area contributed by atoms with Crippen molar-refractivity contribution in [1.29, 1.82) is 0 Å². The number of benzene rings is 2. The lowest BCUT2D eigenvalue weighted by Gasteiger charge is -2.07.